The van der Waals surface area contributed by atoms with Crippen LogP contribution < -0.4 is 5.73 Å². The zero-order valence-corrected chi connectivity index (χ0v) is 7.50. The Morgan fingerprint density at radius 2 is 2.23 bits per heavy atom. The Bertz CT molecular complexity index is 376. The Balaban J connectivity index is 3.20. The van der Waals surface area contributed by atoms with Crippen LogP contribution in [0.25, 0.3) is 5.76 Å². The predicted molar refractivity (Wildman–Crippen MR) is 49.7 cm³/mol. The number of hydrogen-bond acceptors (Lipinski definition) is 4. The highest BCUT2D eigenvalue weighted by atomic mass is 32.2. The van der Waals surface area contributed by atoms with Crippen molar-refractivity contribution in [2.24, 2.45) is 0 Å². The third-order valence-corrected chi connectivity index (χ3v) is 2.17. The fraction of sp³-hybridized carbons (Fsp3) is 0. The highest BCUT2D eigenvalue weighted by molar-refractivity contribution is 7.79. The first kappa shape index (κ1) is 9.76. The average Bonchev–Trinajstić information content (AvgIpc) is 2.03. The van der Waals surface area contributed by atoms with E-state index in [0.29, 0.717) is 5.56 Å². The zero-order valence-electron chi connectivity index (χ0n) is 6.69. The minimum Gasteiger partial charge on any atom is -0.768 e. The first-order valence-electron chi connectivity index (χ1n) is 3.39. The molecule has 1 aromatic carbocycles. The number of nitrogen functional groups attached to an aromatic ring is 1. The maximum Gasteiger partial charge on any atom is 0.117 e. The summed E-state index contributed by atoms with van der Waals surface area (Å²) in [5.74, 6) is -0.180. The van der Waals surface area contributed by atoms with Crippen LogP contribution >= 0.6 is 0 Å². The first-order chi connectivity index (χ1) is 6.02. The van der Waals surface area contributed by atoms with Gasteiger partial charge in [0.05, 0.1) is 0 Å². The third kappa shape index (κ3) is 2.07. The number of aliphatic hydroxyl groups is 1. The molecule has 4 nitrogen and oxygen atoms in total. The molecule has 1 aromatic rings. The Kier molecular flexibility index (Phi) is 2.69. The summed E-state index contributed by atoms with van der Waals surface area (Å²) in [6, 6.07) is 4.01. The monoisotopic (exact) mass is 198 g/mol. The summed E-state index contributed by atoms with van der Waals surface area (Å²) in [4.78, 5) is 0.0856. The molecule has 70 valence electrons. The van der Waals surface area contributed by atoms with Crippen molar-refractivity contribution in [2.45, 2.75) is 4.90 Å². The lowest BCUT2D eigenvalue weighted by molar-refractivity contribution is 0.514. The van der Waals surface area contributed by atoms with E-state index in [1.807, 2.05) is 0 Å². The van der Waals surface area contributed by atoms with Gasteiger partial charge in [0.1, 0.15) is 5.76 Å². The smallest absolute Gasteiger partial charge is 0.117 e. The molecular formula is C8H8NO3S-. The van der Waals surface area contributed by atoms with Crippen molar-refractivity contribution < 1.29 is 13.9 Å². The summed E-state index contributed by atoms with van der Waals surface area (Å²) in [5.41, 5.74) is 6.00. The van der Waals surface area contributed by atoms with E-state index in [1.54, 1.807) is 0 Å². The van der Waals surface area contributed by atoms with Gasteiger partial charge in [0.2, 0.25) is 0 Å². The van der Waals surface area contributed by atoms with Gasteiger partial charge in [0.25, 0.3) is 0 Å². The van der Waals surface area contributed by atoms with Crippen molar-refractivity contribution in [3.8, 4) is 0 Å². The molecule has 0 saturated carbocycles. The second-order valence-electron chi connectivity index (χ2n) is 2.43. The topological polar surface area (TPSA) is 86.4 Å². The van der Waals surface area contributed by atoms with Gasteiger partial charge in [-0.15, -0.1) is 0 Å². The fourth-order valence-corrected chi connectivity index (χ4v) is 1.31. The molecule has 0 spiro atoms. The third-order valence-electron chi connectivity index (χ3n) is 1.53. The van der Waals surface area contributed by atoms with Crippen LogP contribution in [0.1, 0.15) is 5.56 Å². The number of nitrogens with two attached hydrogens (primary N) is 1. The summed E-state index contributed by atoms with van der Waals surface area (Å²) in [7, 11) is 0. The molecule has 0 amide bonds. The highest BCUT2D eigenvalue weighted by Crippen LogP contribution is 2.20. The molecule has 0 aliphatic rings. The minimum absolute atomic E-state index is 0.0856. The standard InChI is InChI=1S/C8H9NO3S/c1-5(10)7-3-2-6(13(11)12)4-8(7)9/h2-4,10H,1,9H2,(H,11,12)/p-1. The van der Waals surface area contributed by atoms with Crippen LogP contribution in [0.5, 0.6) is 0 Å². The summed E-state index contributed by atoms with van der Waals surface area (Å²) in [6.07, 6.45) is 0. The largest absolute Gasteiger partial charge is 0.768 e. The summed E-state index contributed by atoms with van der Waals surface area (Å²) in [6.45, 7) is 3.28. The lowest BCUT2D eigenvalue weighted by atomic mass is 10.1. The molecule has 0 saturated heterocycles. The van der Waals surface area contributed by atoms with Crippen molar-refractivity contribution >= 4 is 22.5 Å². The van der Waals surface area contributed by atoms with Crippen molar-refractivity contribution in [3.63, 3.8) is 0 Å². The Labute approximate surface area is 78.0 Å². The normalized spacial score (nSPS) is 12.4. The van der Waals surface area contributed by atoms with Crippen LogP contribution in [0, 0.1) is 0 Å². The van der Waals surface area contributed by atoms with Crippen LogP contribution in [-0.2, 0) is 11.1 Å². The van der Waals surface area contributed by atoms with E-state index in [1.165, 1.54) is 18.2 Å². The molecule has 3 N–H and O–H groups in total. The van der Waals surface area contributed by atoms with Gasteiger partial charge in [-0.25, -0.2) is 0 Å². The molecule has 1 atom stereocenters. The molecule has 1 rings (SSSR count). The molecule has 0 bridgehead atoms. The van der Waals surface area contributed by atoms with E-state index in [0.717, 1.165) is 0 Å². The van der Waals surface area contributed by atoms with Gasteiger partial charge in [-0.05, 0) is 29.3 Å². The lowest BCUT2D eigenvalue weighted by Crippen LogP contribution is -1.96. The summed E-state index contributed by atoms with van der Waals surface area (Å²) < 4.78 is 21.0. The quantitative estimate of drug-likeness (QED) is 0.422. The summed E-state index contributed by atoms with van der Waals surface area (Å²) >= 11 is -2.30. The molecule has 13 heavy (non-hydrogen) atoms. The number of hydrogen-bond donors (Lipinski definition) is 2. The summed E-state index contributed by atoms with van der Waals surface area (Å²) in [5, 5.41) is 9.01. The van der Waals surface area contributed by atoms with Crippen molar-refractivity contribution in [3.05, 3.63) is 30.3 Å². The van der Waals surface area contributed by atoms with Gasteiger partial charge in [-0.1, -0.05) is 6.58 Å². The maximum atomic E-state index is 10.5. The SMILES string of the molecule is C=C(O)c1ccc(S(=O)[O-])cc1N. The maximum absolute atomic E-state index is 10.5. The van der Waals surface area contributed by atoms with Crippen LogP contribution in [0.3, 0.4) is 0 Å². The highest BCUT2D eigenvalue weighted by Gasteiger charge is 2.02. The Morgan fingerprint density at radius 1 is 1.62 bits per heavy atom. The van der Waals surface area contributed by atoms with Gasteiger partial charge >= 0.3 is 0 Å². The van der Waals surface area contributed by atoms with Gasteiger partial charge in [-0.3, -0.25) is 4.21 Å². The predicted octanol–water partition coefficient (Wildman–Crippen LogP) is 1.04. The van der Waals surface area contributed by atoms with E-state index in [-0.39, 0.29) is 16.3 Å². The second kappa shape index (κ2) is 3.59. The van der Waals surface area contributed by atoms with Crippen LogP contribution in [0.4, 0.5) is 5.69 Å². The zero-order chi connectivity index (χ0) is 10.0. The molecular weight excluding hydrogens is 190 g/mol. The van der Waals surface area contributed by atoms with Gasteiger partial charge < -0.3 is 15.4 Å². The van der Waals surface area contributed by atoms with Crippen molar-refractivity contribution in [2.75, 3.05) is 5.73 Å². The Morgan fingerprint density at radius 3 is 2.62 bits per heavy atom. The van der Waals surface area contributed by atoms with Crippen LogP contribution in [-0.4, -0.2) is 13.9 Å². The number of rotatable bonds is 2. The van der Waals surface area contributed by atoms with E-state index in [4.69, 9.17) is 10.8 Å². The van der Waals surface area contributed by atoms with E-state index >= 15 is 0 Å². The molecule has 0 aliphatic heterocycles. The number of anilines is 1. The molecule has 0 aromatic heterocycles. The molecule has 0 fully saturated rings. The Hall–Kier alpha value is -1.33. The van der Waals surface area contributed by atoms with Crippen LogP contribution in [0.2, 0.25) is 0 Å². The van der Waals surface area contributed by atoms with Gasteiger partial charge in [0, 0.05) is 16.1 Å². The fourth-order valence-electron chi connectivity index (χ4n) is 0.907. The van der Waals surface area contributed by atoms with Gasteiger partial charge in [0.15, 0.2) is 0 Å². The van der Waals surface area contributed by atoms with Crippen molar-refractivity contribution in [1.29, 1.82) is 0 Å². The molecule has 0 radical (unpaired) electrons. The minimum atomic E-state index is -2.30. The van der Waals surface area contributed by atoms with E-state index in [2.05, 4.69) is 6.58 Å². The first-order valence-corrected chi connectivity index (χ1v) is 4.47. The van der Waals surface area contributed by atoms with Crippen molar-refractivity contribution in [1.82, 2.24) is 0 Å². The lowest BCUT2D eigenvalue weighted by Gasteiger charge is -2.08. The second-order valence-corrected chi connectivity index (χ2v) is 3.37. The van der Waals surface area contributed by atoms with Gasteiger partial charge in [-0.2, -0.15) is 0 Å². The van der Waals surface area contributed by atoms with E-state index < -0.39 is 11.1 Å². The number of aliphatic hydroxyl groups excluding tert-OH is 1. The average molecular weight is 198 g/mol. The molecule has 5 heteroatoms. The molecule has 0 aliphatic carbocycles. The number of benzene rings is 1. The molecule has 1 unspecified atom stereocenters. The van der Waals surface area contributed by atoms with E-state index in [9.17, 15) is 8.76 Å². The molecule has 0 heterocycles. The van der Waals surface area contributed by atoms with Crippen LogP contribution in [0.15, 0.2) is 29.7 Å².